The molecule has 38 heavy (non-hydrogen) atoms. The molecular weight excluding hydrogens is 521 g/mol. The van der Waals surface area contributed by atoms with Crippen LogP contribution in [0, 0.1) is 11.6 Å². The minimum Gasteiger partial charge on any atom is -0.482 e. The summed E-state index contributed by atoms with van der Waals surface area (Å²) in [6.07, 6.45) is 3.19. The number of nitrogens with one attached hydrogen (secondary N) is 2. The number of hydrogen-bond acceptors (Lipinski definition) is 8. The number of nitrogens with zero attached hydrogens (tertiary/aromatic N) is 4. The summed E-state index contributed by atoms with van der Waals surface area (Å²) in [5.74, 6) is -0.517. The number of H-pyrrole nitrogens is 2. The van der Waals surface area contributed by atoms with Gasteiger partial charge in [0.05, 0.1) is 18.9 Å². The molecule has 204 valence electrons. The van der Waals surface area contributed by atoms with Gasteiger partial charge in [0, 0.05) is 35.6 Å². The van der Waals surface area contributed by atoms with E-state index in [1.807, 2.05) is 20.8 Å². The second kappa shape index (κ2) is 13.1. The number of ether oxygens (including phenoxy) is 1. The highest BCUT2D eigenvalue weighted by atomic mass is 32.1. The van der Waals surface area contributed by atoms with E-state index in [0.29, 0.717) is 27.0 Å². The molecule has 4 rings (SSSR count). The molecule has 0 unspecified atom stereocenters. The van der Waals surface area contributed by atoms with Gasteiger partial charge in [-0.2, -0.15) is 13.2 Å². The summed E-state index contributed by atoms with van der Waals surface area (Å²) in [4.78, 5) is 32.9. The summed E-state index contributed by atoms with van der Waals surface area (Å²) >= 11 is 4.91. The zero-order valence-corrected chi connectivity index (χ0v) is 22.1. The molecule has 4 heterocycles. The third kappa shape index (κ3) is 10.6. The number of aryl methyl sites for hydroxylation is 1. The van der Waals surface area contributed by atoms with Crippen molar-refractivity contribution in [3.63, 3.8) is 0 Å². The molecule has 0 aliphatic rings. The highest BCUT2D eigenvalue weighted by Crippen LogP contribution is 2.22. The maximum absolute atomic E-state index is 12.2. The van der Waals surface area contributed by atoms with Crippen LogP contribution in [0.15, 0.2) is 43.4 Å². The Morgan fingerprint density at radius 2 is 1.76 bits per heavy atom. The van der Waals surface area contributed by atoms with E-state index >= 15 is 0 Å². The van der Waals surface area contributed by atoms with Gasteiger partial charge in [-0.15, -0.1) is 0 Å². The summed E-state index contributed by atoms with van der Waals surface area (Å²) in [5, 5.41) is 0. The van der Waals surface area contributed by atoms with Gasteiger partial charge in [-0.1, -0.05) is 12.2 Å². The number of carbonyl (C=O) groups is 1. The highest BCUT2D eigenvalue weighted by Gasteiger charge is 2.28. The van der Waals surface area contributed by atoms with Crippen molar-refractivity contribution >= 4 is 29.3 Å². The Bertz CT molecular complexity index is 1410. The van der Waals surface area contributed by atoms with E-state index in [-0.39, 0.29) is 17.7 Å². The van der Waals surface area contributed by atoms with Crippen molar-refractivity contribution in [1.82, 2.24) is 29.9 Å². The predicted octanol–water partition coefficient (Wildman–Crippen LogP) is 4.17. The van der Waals surface area contributed by atoms with Crippen LogP contribution in [0.5, 0.6) is 5.75 Å². The Balaban J connectivity index is 0.000000275. The molecule has 6 N–H and O–H groups in total. The molecule has 0 atom stereocenters. The Hall–Kier alpha value is -3.91. The van der Waals surface area contributed by atoms with Crippen LogP contribution in [0.4, 0.5) is 13.2 Å². The number of aromatic amines is 2. The molecule has 0 radical (unpaired) electrons. The number of aromatic nitrogens is 6. The lowest BCUT2D eigenvalue weighted by Crippen LogP contribution is -2.26. The zero-order chi connectivity index (χ0) is 28.5. The lowest BCUT2D eigenvalue weighted by atomic mass is 10.0. The van der Waals surface area contributed by atoms with Crippen LogP contribution < -0.4 is 16.2 Å². The number of alkyl halides is 3. The summed E-state index contributed by atoms with van der Waals surface area (Å²) < 4.78 is 41.7. The summed E-state index contributed by atoms with van der Waals surface area (Å²) in [6, 6.07) is 3.11. The molecule has 4 aromatic rings. The second-order valence-electron chi connectivity index (χ2n) is 9.12. The maximum atomic E-state index is 12.2. The number of pyridine rings is 2. The third-order valence-electron chi connectivity index (χ3n) is 4.29. The normalized spacial score (nSPS) is 11.2. The number of amides is 1. The SMILES string of the molecule is CC(C)(C)N.Cc1cc(Cc2cnccc2C(N)=O)ncc1OCC(F)(F)F.S=c1nc[nH]c2nc[nH]c12. The molecule has 1 amide bonds. The fourth-order valence-corrected chi connectivity index (χ4v) is 3.00. The molecule has 0 aliphatic carbocycles. The molecule has 0 saturated heterocycles. The number of carbonyl (C=O) groups excluding carboxylic acids is 1. The first-order valence-electron chi connectivity index (χ1n) is 11.2. The standard InChI is InChI=1S/C15H14F3N3O2.C5H4N4S.C4H11N/c1-9-4-11(21-7-13(9)23-8-15(16,17)18)5-10-6-20-3-2-12(10)14(19)22;10-5-3-4(7-1-6-3)8-2-9-5;1-4(2,3)5/h2-4,6-7H,5,8H2,1H3,(H2,19,22);1-2H,(H2,6,7,8,9,10);5H2,1-3H3. The predicted molar refractivity (Wildman–Crippen MR) is 139 cm³/mol. The fourth-order valence-electron chi connectivity index (χ4n) is 2.80. The quantitative estimate of drug-likeness (QED) is 0.269. The average Bonchev–Trinajstić information content (AvgIpc) is 3.28. The molecule has 10 nitrogen and oxygen atoms in total. The minimum absolute atomic E-state index is 0. The largest absolute Gasteiger partial charge is 0.482 e. The minimum atomic E-state index is -4.41. The van der Waals surface area contributed by atoms with E-state index in [0.717, 1.165) is 11.2 Å². The van der Waals surface area contributed by atoms with Gasteiger partial charge in [0.25, 0.3) is 0 Å². The number of nitrogens with two attached hydrogens (primary N) is 2. The smallest absolute Gasteiger partial charge is 0.422 e. The Morgan fingerprint density at radius 3 is 2.34 bits per heavy atom. The summed E-state index contributed by atoms with van der Waals surface area (Å²) in [5.41, 5.74) is 14.2. The van der Waals surface area contributed by atoms with Crippen molar-refractivity contribution in [2.45, 2.75) is 45.8 Å². The van der Waals surface area contributed by atoms with Gasteiger partial charge in [-0.25, -0.2) is 9.97 Å². The van der Waals surface area contributed by atoms with E-state index in [2.05, 4.69) is 29.9 Å². The molecule has 0 fully saturated rings. The number of primary amides is 1. The molecule has 0 aromatic carbocycles. The van der Waals surface area contributed by atoms with Crippen LogP contribution in [0.25, 0.3) is 11.2 Å². The van der Waals surface area contributed by atoms with E-state index in [9.17, 15) is 18.0 Å². The highest BCUT2D eigenvalue weighted by molar-refractivity contribution is 7.71. The van der Waals surface area contributed by atoms with Crippen molar-refractivity contribution in [2.75, 3.05) is 6.61 Å². The topological polar surface area (TPSA) is 161 Å². The average molecular weight is 551 g/mol. The number of imidazole rings is 1. The molecule has 4 aromatic heterocycles. The Labute approximate surface area is 222 Å². The first-order chi connectivity index (χ1) is 17.6. The fraction of sp³-hybridized carbons (Fsp3) is 0.333. The first-order valence-corrected chi connectivity index (χ1v) is 11.6. The van der Waals surface area contributed by atoms with Gasteiger partial charge in [0.2, 0.25) is 5.91 Å². The van der Waals surface area contributed by atoms with Crippen LogP contribution in [0.2, 0.25) is 0 Å². The van der Waals surface area contributed by atoms with Crippen molar-refractivity contribution in [3.05, 3.63) is 70.4 Å². The molecular formula is C24H29F3N8O2S. The molecule has 0 aliphatic heterocycles. The summed E-state index contributed by atoms with van der Waals surface area (Å²) in [7, 11) is 0. The molecule has 0 spiro atoms. The lowest BCUT2D eigenvalue weighted by molar-refractivity contribution is -0.153. The van der Waals surface area contributed by atoms with Crippen LogP contribution >= 0.6 is 12.2 Å². The third-order valence-corrected chi connectivity index (χ3v) is 4.60. The number of hydrogen-bond donors (Lipinski definition) is 4. The molecule has 0 saturated carbocycles. The van der Waals surface area contributed by atoms with Crippen LogP contribution in [0.1, 0.15) is 48.0 Å². The van der Waals surface area contributed by atoms with E-state index in [4.69, 9.17) is 28.4 Å². The van der Waals surface area contributed by atoms with Gasteiger partial charge < -0.3 is 26.2 Å². The van der Waals surface area contributed by atoms with Crippen LogP contribution in [-0.2, 0) is 6.42 Å². The molecule has 0 bridgehead atoms. The Kier molecular flexibility index (Phi) is 10.4. The van der Waals surface area contributed by atoms with E-state index in [1.54, 1.807) is 19.3 Å². The zero-order valence-electron chi connectivity index (χ0n) is 21.3. The van der Waals surface area contributed by atoms with Crippen LogP contribution in [0.3, 0.4) is 0 Å². The van der Waals surface area contributed by atoms with Crippen molar-refractivity contribution < 1.29 is 22.7 Å². The molecule has 14 heteroatoms. The Morgan fingerprint density at radius 1 is 1.11 bits per heavy atom. The van der Waals surface area contributed by atoms with Crippen molar-refractivity contribution in [3.8, 4) is 5.75 Å². The van der Waals surface area contributed by atoms with E-state index < -0.39 is 18.7 Å². The number of fused-ring (bicyclic) bond motifs is 1. The van der Waals surface area contributed by atoms with Gasteiger partial charge in [-0.05, 0) is 51.0 Å². The lowest BCUT2D eigenvalue weighted by Gasteiger charge is -2.12. The van der Waals surface area contributed by atoms with Crippen LogP contribution in [-0.4, -0.2) is 54.1 Å². The monoisotopic (exact) mass is 550 g/mol. The van der Waals surface area contributed by atoms with Gasteiger partial charge in [-0.3, -0.25) is 14.8 Å². The summed E-state index contributed by atoms with van der Waals surface area (Å²) in [6.45, 7) is 6.14. The van der Waals surface area contributed by atoms with Gasteiger partial charge in [0.15, 0.2) is 16.9 Å². The first kappa shape index (κ1) is 30.3. The van der Waals surface area contributed by atoms with Gasteiger partial charge in [0.1, 0.15) is 11.3 Å². The van der Waals surface area contributed by atoms with Gasteiger partial charge >= 0.3 is 6.18 Å². The second-order valence-corrected chi connectivity index (χ2v) is 9.51. The van der Waals surface area contributed by atoms with E-state index in [1.165, 1.54) is 31.0 Å². The maximum Gasteiger partial charge on any atom is 0.422 e. The number of halogens is 3. The van der Waals surface area contributed by atoms with Crippen molar-refractivity contribution in [2.24, 2.45) is 11.5 Å². The number of rotatable bonds is 5. The van der Waals surface area contributed by atoms with Crippen molar-refractivity contribution in [1.29, 1.82) is 0 Å².